The Balaban J connectivity index is 1.10. The van der Waals surface area contributed by atoms with Gasteiger partial charge < -0.3 is 14.5 Å². The summed E-state index contributed by atoms with van der Waals surface area (Å²) in [6.45, 7) is 3.32. The van der Waals surface area contributed by atoms with E-state index in [1.165, 1.54) is 0 Å². The number of aryl methyl sites for hydroxylation is 1. The fourth-order valence-electron chi connectivity index (χ4n) is 5.08. The molecule has 1 spiro atoms. The Labute approximate surface area is 204 Å². The van der Waals surface area contributed by atoms with E-state index >= 15 is 0 Å². The van der Waals surface area contributed by atoms with E-state index in [-0.39, 0.29) is 6.10 Å². The van der Waals surface area contributed by atoms with Gasteiger partial charge in [0.25, 0.3) is 0 Å². The van der Waals surface area contributed by atoms with Crippen LogP contribution in [0, 0.1) is 5.41 Å². The summed E-state index contributed by atoms with van der Waals surface area (Å²) in [4.78, 5) is 20.5. The maximum atomic E-state index is 11.6. The largest absolute Gasteiger partial charge is 0.490 e. The van der Waals surface area contributed by atoms with E-state index in [1.807, 2.05) is 47.8 Å². The second kappa shape index (κ2) is 9.35. The lowest BCUT2D eigenvalue weighted by atomic mass is 9.61. The van der Waals surface area contributed by atoms with Crippen LogP contribution >= 0.6 is 11.6 Å². The smallest absolute Gasteiger partial charge is 0.163 e. The van der Waals surface area contributed by atoms with Gasteiger partial charge in [-0.25, -0.2) is 4.98 Å². The van der Waals surface area contributed by atoms with E-state index in [9.17, 15) is 4.79 Å². The summed E-state index contributed by atoms with van der Waals surface area (Å²) in [5, 5.41) is 8.42. The van der Waals surface area contributed by atoms with Crippen LogP contribution in [0.25, 0.3) is 11.7 Å². The molecule has 2 aliphatic rings. The number of likely N-dealkylation sites (tertiary alicyclic amines) is 1. The minimum absolute atomic E-state index is 0.174. The third-order valence-corrected chi connectivity index (χ3v) is 7.07. The standard InChI is InChI=1S/C25H29ClN6O2/c1-30(2)9-7-20-21(13-33)22(26)5-6-23(20)34-19-11-25(12-19)14-31(15-25)8-3-4-18-10-24-29-28-17-32(24)16-27-18/h5-7,9-10,13,16-17,19H,3-4,8,11-12,14-15H2,1-2H3/b9-7-. The highest BCUT2D eigenvalue weighted by molar-refractivity contribution is 6.33. The number of hydrogen-bond acceptors (Lipinski definition) is 7. The lowest BCUT2D eigenvalue weighted by Gasteiger charge is -2.58. The predicted octanol–water partition coefficient (Wildman–Crippen LogP) is 3.60. The summed E-state index contributed by atoms with van der Waals surface area (Å²) in [5.74, 6) is 0.720. The first kappa shape index (κ1) is 22.8. The van der Waals surface area contributed by atoms with Crippen LogP contribution in [0.15, 0.2) is 37.1 Å². The molecule has 1 aliphatic carbocycles. The van der Waals surface area contributed by atoms with Gasteiger partial charge in [-0.2, -0.15) is 0 Å². The van der Waals surface area contributed by atoms with Gasteiger partial charge in [0.2, 0.25) is 0 Å². The number of nitrogens with zero attached hydrogens (tertiary/aromatic N) is 6. The van der Waals surface area contributed by atoms with Crippen molar-refractivity contribution in [2.24, 2.45) is 5.41 Å². The van der Waals surface area contributed by atoms with Gasteiger partial charge in [-0.05, 0) is 56.6 Å². The number of aldehydes is 1. The molecule has 0 bridgehead atoms. The third-order valence-electron chi connectivity index (χ3n) is 6.74. The molecule has 178 valence electrons. The molecule has 1 saturated carbocycles. The van der Waals surface area contributed by atoms with E-state index in [0.29, 0.717) is 16.0 Å². The van der Waals surface area contributed by atoms with Crippen LogP contribution in [-0.2, 0) is 6.42 Å². The highest BCUT2D eigenvalue weighted by Gasteiger charge is 2.53. The quantitative estimate of drug-likeness (QED) is 0.433. The molecule has 0 atom stereocenters. The van der Waals surface area contributed by atoms with Crippen molar-refractivity contribution in [3.05, 3.63) is 58.9 Å². The van der Waals surface area contributed by atoms with Gasteiger partial charge in [-0.15, -0.1) is 10.2 Å². The average molecular weight is 481 g/mol. The van der Waals surface area contributed by atoms with Gasteiger partial charge in [0.15, 0.2) is 11.9 Å². The average Bonchev–Trinajstić information content (AvgIpc) is 3.23. The van der Waals surface area contributed by atoms with Crippen LogP contribution in [-0.4, -0.2) is 75.5 Å². The molecule has 0 N–H and O–H groups in total. The zero-order valence-corrected chi connectivity index (χ0v) is 20.3. The van der Waals surface area contributed by atoms with Crippen molar-refractivity contribution < 1.29 is 9.53 Å². The summed E-state index contributed by atoms with van der Waals surface area (Å²) in [7, 11) is 3.87. The first-order valence-corrected chi connectivity index (χ1v) is 12.0. The molecule has 0 amide bonds. The topological polar surface area (TPSA) is 75.9 Å². The molecule has 34 heavy (non-hydrogen) atoms. The van der Waals surface area contributed by atoms with Gasteiger partial charge in [0.1, 0.15) is 18.4 Å². The number of halogens is 1. The van der Waals surface area contributed by atoms with Crippen molar-refractivity contribution in [1.29, 1.82) is 0 Å². The maximum absolute atomic E-state index is 11.6. The minimum atomic E-state index is 0.174. The van der Waals surface area contributed by atoms with E-state index in [1.54, 1.807) is 18.7 Å². The lowest BCUT2D eigenvalue weighted by molar-refractivity contribution is -0.119. The van der Waals surface area contributed by atoms with Gasteiger partial charge >= 0.3 is 0 Å². The highest BCUT2D eigenvalue weighted by Crippen LogP contribution is 2.50. The number of carbonyl (C=O) groups is 1. The molecule has 1 saturated heterocycles. The molecule has 9 heteroatoms. The van der Waals surface area contributed by atoms with E-state index in [4.69, 9.17) is 16.3 Å². The SMILES string of the molecule is CN(C)/C=C\c1c(OC2CC3(C2)CN(CCCc2cc4nncn4cn2)C3)ccc(Cl)c1C=O. The van der Waals surface area contributed by atoms with Crippen LogP contribution < -0.4 is 4.74 Å². The number of ether oxygens (including phenoxy) is 1. The summed E-state index contributed by atoms with van der Waals surface area (Å²) in [5.41, 5.74) is 3.49. The molecule has 0 radical (unpaired) electrons. The van der Waals surface area contributed by atoms with Crippen molar-refractivity contribution in [2.75, 3.05) is 33.7 Å². The fraction of sp³-hybridized carbons (Fsp3) is 0.440. The molecular weight excluding hydrogens is 452 g/mol. The molecule has 2 fully saturated rings. The second-order valence-corrected chi connectivity index (χ2v) is 10.1. The van der Waals surface area contributed by atoms with Gasteiger partial charge in [-0.3, -0.25) is 9.20 Å². The van der Waals surface area contributed by atoms with Crippen LogP contribution in [0.4, 0.5) is 0 Å². The summed E-state index contributed by atoms with van der Waals surface area (Å²) in [6.07, 6.45) is 12.3. The van der Waals surface area contributed by atoms with Crippen molar-refractivity contribution in [3.8, 4) is 5.75 Å². The molecule has 5 rings (SSSR count). The first-order valence-electron chi connectivity index (χ1n) is 11.6. The van der Waals surface area contributed by atoms with Crippen molar-refractivity contribution in [2.45, 2.75) is 31.8 Å². The maximum Gasteiger partial charge on any atom is 0.163 e. The Morgan fingerprint density at radius 3 is 2.82 bits per heavy atom. The van der Waals surface area contributed by atoms with E-state index < -0.39 is 0 Å². The van der Waals surface area contributed by atoms with Crippen molar-refractivity contribution in [3.63, 3.8) is 0 Å². The monoisotopic (exact) mass is 480 g/mol. The normalized spacial score (nSPS) is 17.7. The highest BCUT2D eigenvalue weighted by atomic mass is 35.5. The number of hydrogen-bond donors (Lipinski definition) is 0. The zero-order chi connectivity index (χ0) is 23.7. The number of aromatic nitrogens is 4. The van der Waals surface area contributed by atoms with E-state index in [0.717, 1.165) is 74.3 Å². The first-order chi connectivity index (χ1) is 16.4. The Kier molecular flexibility index (Phi) is 6.27. The second-order valence-electron chi connectivity index (χ2n) is 9.71. The number of carbonyl (C=O) groups excluding carboxylic acids is 1. The van der Waals surface area contributed by atoms with Gasteiger partial charge in [-0.1, -0.05) is 11.6 Å². The van der Waals surface area contributed by atoms with Crippen molar-refractivity contribution in [1.82, 2.24) is 29.4 Å². The molecule has 3 heterocycles. The summed E-state index contributed by atoms with van der Waals surface area (Å²) in [6, 6.07) is 5.61. The lowest BCUT2D eigenvalue weighted by Crippen LogP contribution is -2.64. The van der Waals surface area contributed by atoms with Crippen LogP contribution in [0.5, 0.6) is 5.75 Å². The Hall–Kier alpha value is -2.97. The Bertz CT molecular complexity index is 1210. The number of rotatable bonds is 9. The molecule has 8 nitrogen and oxygen atoms in total. The zero-order valence-electron chi connectivity index (χ0n) is 19.5. The summed E-state index contributed by atoms with van der Waals surface area (Å²) >= 11 is 6.24. The number of benzene rings is 1. The van der Waals surface area contributed by atoms with Gasteiger partial charge in [0, 0.05) is 55.5 Å². The molecule has 0 unspecified atom stereocenters. The summed E-state index contributed by atoms with van der Waals surface area (Å²) < 4.78 is 8.14. The Morgan fingerprint density at radius 2 is 2.06 bits per heavy atom. The van der Waals surface area contributed by atoms with E-state index in [2.05, 4.69) is 20.1 Å². The number of fused-ring (bicyclic) bond motifs is 1. The van der Waals surface area contributed by atoms with Crippen molar-refractivity contribution >= 4 is 29.6 Å². The van der Waals surface area contributed by atoms with Crippen LogP contribution in [0.2, 0.25) is 5.02 Å². The Morgan fingerprint density at radius 1 is 1.24 bits per heavy atom. The third kappa shape index (κ3) is 4.65. The molecule has 3 aromatic rings. The molecule has 1 aromatic carbocycles. The van der Waals surface area contributed by atoms with Gasteiger partial charge in [0.05, 0.1) is 11.1 Å². The molecule has 1 aliphatic heterocycles. The minimum Gasteiger partial charge on any atom is -0.490 e. The molecule has 2 aromatic heterocycles. The predicted molar refractivity (Wildman–Crippen MR) is 131 cm³/mol. The molecular formula is C25H29ClN6O2. The van der Waals surface area contributed by atoms with Crippen LogP contribution in [0.1, 0.15) is 40.9 Å². The fourth-order valence-corrected chi connectivity index (χ4v) is 5.29. The van der Waals surface area contributed by atoms with Crippen LogP contribution in [0.3, 0.4) is 0 Å².